The molecule has 2 N–H and O–H groups in total. The molecular weight excluding hydrogens is 438 g/mol. The molecule has 11 heteroatoms. The van der Waals surface area contributed by atoms with Gasteiger partial charge in [-0.05, 0) is 35.4 Å². The maximum Gasteiger partial charge on any atom is 0.289 e. The fraction of sp³-hybridized carbons (Fsp3) is 0.167. The van der Waals surface area contributed by atoms with E-state index in [1.165, 1.54) is 24.3 Å². The molecule has 1 saturated heterocycles. The maximum absolute atomic E-state index is 12.8. The largest absolute Gasteiger partial charge is 0.325 e. The van der Waals surface area contributed by atoms with E-state index in [-0.39, 0.29) is 45.7 Å². The normalized spacial score (nSPS) is 16.2. The van der Waals surface area contributed by atoms with Crippen LogP contribution in [0.1, 0.15) is 11.1 Å². The van der Waals surface area contributed by atoms with Crippen LogP contribution in [-0.4, -0.2) is 36.1 Å². The van der Waals surface area contributed by atoms with Crippen LogP contribution in [-0.2, 0) is 32.6 Å². The maximum atomic E-state index is 12.8. The first-order valence-electron chi connectivity index (χ1n) is 8.44. The van der Waals surface area contributed by atoms with Gasteiger partial charge in [0.05, 0.1) is 23.7 Å². The van der Waals surface area contributed by atoms with Gasteiger partial charge in [-0.25, -0.2) is 8.42 Å². The van der Waals surface area contributed by atoms with E-state index in [1.54, 1.807) is 12.1 Å². The topological polar surface area (TPSA) is 113 Å². The zero-order valence-electron chi connectivity index (χ0n) is 14.8. The number of thioether (sulfide) groups is 1. The lowest BCUT2D eigenvalue weighted by atomic mass is 10.2. The van der Waals surface area contributed by atoms with E-state index in [0.717, 1.165) is 16.7 Å². The summed E-state index contributed by atoms with van der Waals surface area (Å²) in [4.78, 5) is 35.9. The molecule has 0 spiro atoms. The number of benzene rings is 2. The van der Waals surface area contributed by atoms with Crippen LogP contribution < -0.4 is 10.0 Å². The zero-order chi connectivity index (χ0) is 20.8. The molecule has 1 fully saturated rings. The summed E-state index contributed by atoms with van der Waals surface area (Å²) in [5.41, 5.74) is 2.06. The van der Waals surface area contributed by atoms with Crippen molar-refractivity contribution in [3.05, 3.63) is 52.5 Å². The van der Waals surface area contributed by atoms with Crippen LogP contribution >= 0.6 is 23.4 Å². The number of nitrogens with zero attached hydrogens (tertiary/aromatic N) is 1. The van der Waals surface area contributed by atoms with E-state index in [1.807, 2.05) is 0 Å². The summed E-state index contributed by atoms with van der Waals surface area (Å²) in [5.74, 6) is -0.328. The first kappa shape index (κ1) is 19.7. The highest BCUT2D eigenvalue weighted by atomic mass is 35.5. The molecule has 4 rings (SSSR count). The Labute approximate surface area is 175 Å². The number of anilines is 2. The Balaban J connectivity index is 1.52. The highest BCUT2D eigenvalue weighted by molar-refractivity contribution is 8.14. The van der Waals surface area contributed by atoms with Crippen molar-refractivity contribution in [1.29, 1.82) is 0 Å². The first-order valence-corrected chi connectivity index (χ1v) is 11.3. The van der Waals surface area contributed by atoms with E-state index < -0.39 is 10.0 Å². The second-order valence-corrected chi connectivity index (χ2v) is 9.49. The Morgan fingerprint density at radius 3 is 2.52 bits per heavy atom. The number of rotatable bonds is 5. The molecular formula is C18H14ClN3O5S2. The molecule has 0 aliphatic carbocycles. The standard InChI is InChI=1S/C18H14ClN3O5S2/c19-13-7-14-11(6-16(23)20-14)5-15(13)29(26,27)21-12-3-1-10(2-4-12)8-22-17(24)9-28-18(22)25/h1-5,7,21H,6,8-9H2,(H,20,23). The molecule has 29 heavy (non-hydrogen) atoms. The van der Waals surface area contributed by atoms with Crippen LogP contribution in [0, 0.1) is 0 Å². The summed E-state index contributed by atoms with van der Waals surface area (Å²) < 4.78 is 28.0. The molecule has 0 unspecified atom stereocenters. The van der Waals surface area contributed by atoms with Crippen molar-refractivity contribution in [1.82, 2.24) is 4.90 Å². The predicted octanol–water partition coefficient (Wildman–Crippen LogP) is 2.83. The summed E-state index contributed by atoms with van der Waals surface area (Å²) >= 11 is 7.07. The van der Waals surface area contributed by atoms with Crippen molar-refractivity contribution in [2.75, 3.05) is 15.8 Å². The minimum absolute atomic E-state index is 0.00127. The van der Waals surface area contributed by atoms with Gasteiger partial charge in [-0.2, -0.15) is 0 Å². The number of sulfonamides is 1. The third-order valence-corrected chi connectivity index (χ3v) is 7.16. The van der Waals surface area contributed by atoms with Crippen molar-refractivity contribution >= 4 is 61.8 Å². The lowest BCUT2D eigenvalue weighted by molar-refractivity contribution is -0.125. The number of imide groups is 1. The average molecular weight is 452 g/mol. The fourth-order valence-corrected chi connectivity index (χ4v) is 5.40. The summed E-state index contributed by atoms with van der Waals surface area (Å²) in [5, 5.41) is 2.32. The molecule has 2 aliphatic rings. The molecule has 0 aromatic heterocycles. The number of carbonyl (C=O) groups is 3. The smallest absolute Gasteiger partial charge is 0.289 e. The lowest BCUT2D eigenvalue weighted by Crippen LogP contribution is -2.27. The van der Waals surface area contributed by atoms with Crippen LogP contribution in [0.5, 0.6) is 0 Å². The SMILES string of the molecule is O=C1Cc2cc(S(=O)(=O)Nc3ccc(CN4C(=O)CSC4=O)cc3)c(Cl)cc2N1. The third-order valence-electron chi connectivity index (χ3n) is 4.46. The van der Waals surface area contributed by atoms with Gasteiger partial charge in [0.1, 0.15) is 4.90 Å². The Kier molecular flexibility index (Phi) is 5.01. The molecule has 8 nitrogen and oxygen atoms in total. The Hall–Kier alpha value is -2.56. The van der Waals surface area contributed by atoms with Gasteiger partial charge in [-0.1, -0.05) is 35.5 Å². The van der Waals surface area contributed by atoms with E-state index >= 15 is 0 Å². The molecule has 2 aromatic rings. The Morgan fingerprint density at radius 2 is 1.86 bits per heavy atom. The summed E-state index contributed by atoms with van der Waals surface area (Å²) in [6, 6.07) is 9.15. The Bertz CT molecular complexity index is 1130. The van der Waals surface area contributed by atoms with Crippen molar-refractivity contribution in [2.45, 2.75) is 17.9 Å². The van der Waals surface area contributed by atoms with E-state index in [4.69, 9.17) is 11.6 Å². The van der Waals surface area contributed by atoms with E-state index in [0.29, 0.717) is 22.5 Å². The van der Waals surface area contributed by atoms with Crippen LogP contribution in [0.4, 0.5) is 16.2 Å². The van der Waals surface area contributed by atoms with Gasteiger partial charge in [0.25, 0.3) is 15.3 Å². The second-order valence-electron chi connectivity index (χ2n) is 6.50. The summed E-state index contributed by atoms with van der Waals surface area (Å²) in [6.45, 7) is 0.134. The molecule has 0 saturated carbocycles. The molecule has 0 atom stereocenters. The highest BCUT2D eigenvalue weighted by Crippen LogP contribution is 2.33. The first-order chi connectivity index (χ1) is 13.7. The molecule has 0 bridgehead atoms. The van der Waals surface area contributed by atoms with E-state index in [9.17, 15) is 22.8 Å². The van der Waals surface area contributed by atoms with Crippen LogP contribution in [0.2, 0.25) is 5.02 Å². The average Bonchev–Trinajstić information content (AvgIpc) is 3.17. The predicted molar refractivity (Wildman–Crippen MR) is 109 cm³/mol. The fourth-order valence-electron chi connectivity index (χ4n) is 3.04. The number of hydrogen-bond acceptors (Lipinski definition) is 6. The number of nitrogens with one attached hydrogen (secondary N) is 2. The van der Waals surface area contributed by atoms with Crippen molar-refractivity contribution in [2.24, 2.45) is 0 Å². The van der Waals surface area contributed by atoms with Gasteiger partial charge in [0, 0.05) is 11.4 Å². The van der Waals surface area contributed by atoms with Gasteiger partial charge >= 0.3 is 0 Å². The Morgan fingerprint density at radius 1 is 1.14 bits per heavy atom. The number of amides is 3. The molecule has 2 heterocycles. The minimum Gasteiger partial charge on any atom is -0.325 e. The highest BCUT2D eigenvalue weighted by Gasteiger charge is 2.30. The van der Waals surface area contributed by atoms with Crippen molar-refractivity contribution < 1.29 is 22.8 Å². The van der Waals surface area contributed by atoms with Crippen LogP contribution in [0.15, 0.2) is 41.3 Å². The lowest BCUT2D eigenvalue weighted by Gasteiger charge is -2.14. The van der Waals surface area contributed by atoms with Crippen molar-refractivity contribution in [3.63, 3.8) is 0 Å². The van der Waals surface area contributed by atoms with Crippen molar-refractivity contribution in [3.8, 4) is 0 Å². The summed E-state index contributed by atoms with van der Waals surface area (Å²) in [6.07, 6.45) is 0.0932. The molecule has 2 aromatic carbocycles. The minimum atomic E-state index is -3.98. The van der Waals surface area contributed by atoms with Gasteiger partial charge < -0.3 is 5.32 Å². The van der Waals surface area contributed by atoms with Gasteiger partial charge in [0.2, 0.25) is 11.8 Å². The van der Waals surface area contributed by atoms with Gasteiger partial charge in [0.15, 0.2) is 0 Å². The van der Waals surface area contributed by atoms with E-state index in [2.05, 4.69) is 10.0 Å². The zero-order valence-corrected chi connectivity index (χ0v) is 17.2. The van der Waals surface area contributed by atoms with Gasteiger partial charge in [-0.15, -0.1) is 0 Å². The molecule has 3 amide bonds. The monoisotopic (exact) mass is 451 g/mol. The van der Waals surface area contributed by atoms with Crippen LogP contribution in [0.25, 0.3) is 0 Å². The number of fused-ring (bicyclic) bond motifs is 1. The third kappa shape index (κ3) is 3.96. The molecule has 0 radical (unpaired) electrons. The summed E-state index contributed by atoms with van der Waals surface area (Å²) in [7, 11) is -3.98. The quantitative estimate of drug-likeness (QED) is 0.722. The van der Waals surface area contributed by atoms with Gasteiger partial charge in [-0.3, -0.25) is 24.0 Å². The molecule has 2 aliphatic heterocycles. The number of carbonyl (C=O) groups excluding carboxylic acids is 3. The van der Waals surface area contributed by atoms with Crippen LogP contribution in [0.3, 0.4) is 0 Å². The second kappa shape index (κ2) is 7.36. The number of hydrogen-bond donors (Lipinski definition) is 2. The molecule has 150 valence electrons. The number of halogens is 1.